The summed E-state index contributed by atoms with van der Waals surface area (Å²) in [6.07, 6.45) is 0. The van der Waals surface area contributed by atoms with Gasteiger partial charge in [0.1, 0.15) is 19.8 Å². The Labute approximate surface area is 168 Å². The van der Waals surface area contributed by atoms with Crippen molar-refractivity contribution in [3.8, 4) is 28.6 Å². The highest BCUT2D eigenvalue weighted by Crippen LogP contribution is 2.32. The Morgan fingerprint density at radius 2 is 1.72 bits per heavy atom. The predicted molar refractivity (Wildman–Crippen MR) is 106 cm³/mol. The summed E-state index contributed by atoms with van der Waals surface area (Å²) >= 11 is 0. The van der Waals surface area contributed by atoms with Crippen LogP contribution < -0.4 is 18.9 Å². The predicted octanol–water partition coefficient (Wildman–Crippen LogP) is 2.27. The van der Waals surface area contributed by atoms with Crippen molar-refractivity contribution in [1.82, 2.24) is 14.9 Å². The molecule has 1 aromatic heterocycles. The molecule has 3 aromatic rings. The molecule has 0 spiro atoms. The molecule has 0 unspecified atom stereocenters. The van der Waals surface area contributed by atoms with Gasteiger partial charge in [-0.1, -0.05) is 30.3 Å². The molecule has 1 aliphatic heterocycles. The normalized spacial score (nSPS) is 13.1. The molecular formula is C20H19N3O5S. The number of rotatable bonds is 7. The molecule has 29 heavy (non-hydrogen) atoms. The van der Waals surface area contributed by atoms with Crippen molar-refractivity contribution < 1.29 is 22.6 Å². The number of benzene rings is 2. The lowest BCUT2D eigenvalue weighted by atomic mass is 10.1. The van der Waals surface area contributed by atoms with E-state index < -0.39 is 10.0 Å². The van der Waals surface area contributed by atoms with E-state index in [4.69, 9.17) is 14.2 Å². The van der Waals surface area contributed by atoms with Crippen LogP contribution in [0.15, 0.2) is 65.6 Å². The van der Waals surface area contributed by atoms with Crippen LogP contribution in [-0.2, 0) is 10.0 Å². The van der Waals surface area contributed by atoms with E-state index in [2.05, 4.69) is 14.9 Å². The molecule has 1 aliphatic rings. The molecule has 8 nitrogen and oxygen atoms in total. The molecule has 2 aromatic carbocycles. The minimum atomic E-state index is -3.69. The van der Waals surface area contributed by atoms with Crippen LogP contribution in [0.1, 0.15) is 0 Å². The van der Waals surface area contributed by atoms with E-state index in [1.165, 1.54) is 12.1 Å². The van der Waals surface area contributed by atoms with E-state index in [1.54, 1.807) is 18.2 Å². The number of nitrogens with zero attached hydrogens (tertiary/aromatic N) is 2. The van der Waals surface area contributed by atoms with Crippen LogP contribution in [-0.4, -0.2) is 45.0 Å². The highest BCUT2D eigenvalue weighted by atomic mass is 32.2. The minimum absolute atomic E-state index is 0.0822. The van der Waals surface area contributed by atoms with Gasteiger partial charge in [-0.15, -0.1) is 10.2 Å². The van der Waals surface area contributed by atoms with E-state index in [1.807, 2.05) is 30.3 Å². The van der Waals surface area contributed by atoms with Crippen molar-refractivity contribution in [3.05, 3.63) is 60.7 Å². The Bertz CT molecular complexity index is 1070. The van der Waals surface area contributed by atoms with Crippen LogP contribution in [0, 0.1) is 0 Å². The summed E-state index contributed by atoms with van der Waals surface area (Å²) in [6, 6.07) is 17.7. The maximum Gasteiger partial charge on any atom is 0.240 e. The van der Waals surface area contributed by atoms with Gasteiger partial charge in [0, 0.05) is 24.2 Å². The number of hydrogen-bond donors (Lipinski definition) is 1. The number of sulfonamides is 1. The number of fused-ring (bicyclic) bond motifs is 1. The van der Waals surface area contributed by atoms with Crippen LogP contribution in [0.4, 0.5) is 0 Å². The second-order valence-corrected chi connectivity index (χ2v) is 7.94. The summed E-state index contributed by atoms with van der Waals surface area (Å²) in [5, 5.41) is 8.14. The number of nitrogens with one attached hydrogen (secondary N) is 1. The molecule has 2 heterocycles. The van der Waals surface area contributed by atoms with Crippen molar-refractivity contribution in [1.29, 1.82) is 0 Å². The summed E-state index contributed by atoms with van der Waals surface area (Å²) in [6.45, 7) is 1.04. The average molecular weight is 413 g/mol. The Hall–Kier alpha value is -3.17. The van der Waals surface area contributed by atoms with E-state index in [-0.39, 0.29) is 18.0 Å². The van der Waals surface area contributed by atoms with Gasteiger partial charge in [-0.2, -0.15) is 0 Å². The van der Waals surface area contributed by atoms with Crippen molar-refractivity contribution in [3.63, 3.8) is 0 Å². The first-order valence-corrected chi connectivity index (χ1v) is 10.5. The molecule has 1 N–H and O–H groups in total. The smallest absolute Gasteiger partial charge is 0.240 e. The third kappa shape index (κ3) is 4.64. The largest absolute Gasteiger partial charge is 0.486 e. The lowest BCUT2D eigenvalue weighted by molar-refractivity contribution is 0.171. The first kappa shape index (κ1) is 19.2. The maximum absolute atomic E-state index is 12.4. The van der Waals surface area contributed by atoms with Crippen molar-refractivity contribution in [2.75, 3.05) is 26.4 Å². The zero-order valence-electron chi connectivity index (χ0n) is 15.4. The van der Waals surface area contributed by atoms with E-state index in [0.29, 0.717) is 30.6 Å². The van der Waals surface area contributed by atoms with Crippen LogP contribution in [0.5, 0.6) is 17.4 Å². The van der Waals surface area contributed by atoms with Gasteiger partial charge in [-0.05, 0) is 18.2 Å². The molecule has 4 rings (SSSR count). The van der Waals surface area contributed by atoms with Crippen molar-refractivity contribution in [2.24, 2.45) is 0 Å². The molecule has 150 valence electrons. The second kappa shape index (κ2) is 8.46. The molecule has 0 atom stereocenters. The first-order valence-electron chi connectivity index (χ1n) is 9.03. The molecule has 0 saturated carbocycles. The molecule has 0 aliphatic carbocycles. The zero-order valence-corrected chi connectivity index (χ0v) is 16.3. The lowest BCUT2D eigenvalue weighted by Crippen LogP contribution is -2.28. The van der Waals surface area contributed by atoms with Crippen molar-refractivity contribution >= 4 is 10.0 Å². The average Bonchev–Trinajstić information content (AvgIpc) is 2.77. The molecule has 0 radical (unpaired) electrons. The Morgan fingerprint density at radius 3 is 2.48 bits per heavy atom. The maximum atomic E-state index is 12.4. The standard InChI is InChI=1S/C20H19N3O5S/c24-29(25,16-6-8-18-19(14-16)27-13-12-26-18)21-10-11-28-20-9-7-17(22-23-20)15-4-2-1-3-5-15/h1-9,14,21H,10-13H2. The summed E-state index contributed by atoms with van der Waals surface area (Å²) in [5.41, 5.74) is 1.69. The van der Waals surface area contributed by atoms with Crippen molar-refractivity contribution in [2.45, 2.75) is 4.90 Å². The fraction of sp³-hybridized carbons (Fsp3) is 0.200. The number of hydrogen-bond acceptors (Lipinski definition) is 7. The molecule has 0 amide bonds. The molecule has 0 fully saturated rings. The fourth-order valence-electron chi connectivity index (χ4n) is 2.77. The SMILES string of the molecule is O=S(=O)(NCCOc1ccc(-c2ccccc2)nn1)c1ccc2c(c1)OCCO2. The summed E-state index contributed by atoms with van der Waals surface area (Å²) in [7, 11) is -3.69. The third-order valence-corrected chi connectivity index (χ3v) is 5.64. The van der Waals surface area contributed by atoms with Gasteiger partial charge < -0.3 is 14.2 Å². The van der Waals surface area contributed by atoms with Gasteiger partial charge in [-0.3, -0.25) is 0 Å². The van der Waals surface area contributed by atoms with Gasteiger partial charge in [0.15, 0.2) is 11.5 Å². The summed E-state index contributed by atoms with van der Waals surface area (Å²) in [5.74, 6) is 1.28. The van der Waals surface area contributed by atoms with Crippen LogP contribution in [0.3, 0.4) is 0 Å². The Balaban J connectivity index is 1.31. The summed E-state index contributed by atoms with van der Waals surface area (Å²) in [4.78, 5) is 0.105. The zero-order chi connectivity index (χ0) is 20.1. The van der Waals surface area contributed by atoms with Gasteiger partial charge in [0.05, 0.1) is 10.6 Å². The van der Waals surface area contributed by atoms with Crippen LogP contribution in [0.2, 0.25) is 0 Å². The topological polar surface area (TPSA) is 99.6 Å². The number of aromatic nitrogens is 2. The minimum Gasteiger partial charge on any atom is -0.486 e. The molecule has 0 bridgehead atoms. The summed E-state index contributed by atoms with van der Waals surface area (Å²) < 4.78 is 43.7. The van der Waals surface area contributed by atoms with Gasteiger partial charge in [0.2, 0.25) is 15.9 Å². The highest BCUT2D eigenvalue weighted by molar-refractivity contribution is 7.89. The number of ether oxygens (including phenoxy) is 3. The lowest BCUT2D eigenvalue weighted by Gasteiger charge is -2.18. The van der Waals surface area contributed by atoms with Gasteiger partial charge in [-0.25, -0.2) is 13.1 Å². The third-order valence-electron chi connectivity index (χ3n) is 4.18. The second-order valence-electron chi connectivity index (χ2n) is 6.17. The van der Waals surface area contributed by atoms with Crippen LogP contribution in [0.25, 0.3) is 11.3 Å². The van der Waals surface area contributed by atoms with Gasteiger partial charge in [0.25, 0.3) is 0 Å². The molecular weight excluding hydrogens is 394 g/mol. The Morgan fingerprint density at radius 1 is 0.931 bits per heavy atom. The molecule has 0 saturated heterocycles. The fourth-order valence-corrected chi connectivity index (χ4v) is 3.79. The molecule has 9 heteroatoms. The quantitative estimate of drug-likeness (QED) is 0.593. The monoisotopic (exact) mass is 413 g/mol. The Kier molecular flexibility index (Phi) is 5.59. The highest BCUT2D eigenvalue weighted by Gasteiger charge is 2.19. The van der Waals surface area contributed by atoms with Gasteiger partial charge >= 0.3 is 0 Å². The van der Waals surface area contributed by atoms with E-state index in [9.17, 15) is 8.42 Å². The van der Waals surface area contributed by atoms with E-state index in [0.717, 1.165) is 11.3 Å². The van der Waals surface area contributed by atoms with Crippen LogP contribution >= 0.6 is 0 Å². The first-order chi connectivity index (χ1) is 14.1. The van der Waals surface area contributed by atoms with E-state index >= 15 is 0 Å².